The van der Waals surface area contributed by atoms with Crippen LogP contribution in [0, 0.1) is 0 Å². The largest absolute Gasteiger partial charge is 0.500 e. The molecule has 0 aromatic carbocycles. The summed E-state index contributed by atoms with van der Waals surface area (Å²) in [5.74, 6) is 0.0686. The van der Waals surface area contributed by atoms with Crippen LogP contribution >= 0.6 is 11.8 Å². The van der Waals surface area contributed by atoms with E-state index in [4.69, 9.17) is 19.0 Å². The van der Waals surface area contributed by atoms with Gasteiger partial charge < -0.3 is 24.3 Å². The topological polar surface area (TPSA) is 114 Å². The molecule has 9 nitrogen and oxygen atoms in total. The minimum Gasteiger partial charge on any atom is -0.377 e. The summed E-state index contributed by atoms with van der Waals surface area (Å²) in [6.45, 7) is 0.442. The highest BCUT2D eigenvalue weighted by molar-refractivity contribution is 7.98. The molecule has 0 saturated carbocycles. The third kappa shape index (κ3) is 4.67. The average Bonchev–Trinajstić information content (AvgIpc) is 2.89. The summed E-state index contributed by atoms with van der Waals surface area (Å²) in [6, 6.07) is 0.231. The molecule has 11 heteroatoms. The first-order chi connectivity index (χ1) is 10.0. The summed E-state index contributed by atoms with van der Waals surface area (Å²) in [4.78, 5) is 15.9. The maximum atomic E-state index is 12.0. The molecule has 3 N–H and O–H groups in total. The summed E-state index contributed by atoms with van der Waals surface area (Å²) >= 11 is 1.29. The summed E-state index contributed by atoms with van der Waals surface area (Å²) < 4.78 is 17.1. The molecule has 21 heavy (non-hydrogen) atoms. The van der Waals surface area contributed by atoms with Gasteiger partial charge in [0.05, 0.1) is 0 Å². The second-order valence-electron chi connectivity index (χ2n) is 4.00. The van der Waals surface area contributed by atoms with Crippen molar-refractivity contribution in [3.05, 3.63) is 0 Å². The Morgan fingerprint density at radius 3 is 2.52 bits per heavy atom. The number of amides is 1. The quantitative estimate of drug-likeness (QED) is 0.399. The Labute approximate surface area is 128 Å². The molecule has 0 bridgehead atoms. The molecule has 0 aliphatic rings. The van der Waals surface area contributed by atoms with Crippen LogP contribution in [-0.2, 0) is 13.3 Å². The predicted octanol–water partition coefficient (Wildman–Crippen LogP) is 0.408. The molecule has 0 unspecified atom stereocenters. The zero-order valence-corrected chi connectivity index (χ0v) is 14.4. The van der Waals surface area contributed by atoms with E-state index in [1.165, 1.54) is 11.8 Å². The Hall–Kier alpha value is -1.14. The van der Waals surface area contributed by atoms with Crippen molar-refractivity contribution in [1.82, 2.24) is 20.1 Å². The predicted molar refractivity (Wildman–Crippen MR) is 81.2 cm³/mol. The van der Waals surface area contributed by atoms with Crippen LogP contribution in [0.15, 0.2) is 5.16 Å². The maximum Gasteiger partial charge on any atom is 0.500 e. The molecule has 0 aliphatic heterocycles. The minimum atomic E-state index is -2.59. The standard InChI is InChI=1S/C10H21N5O4SSi/c1-17-21(18-2,19-3)7-5-6-12-9(16)15-10(20-4)13-8(11)14-15/h5-7H2,1-4H3,(H2,11,14)(H,12,16). The number of thioether (sulfide) groups is 1. The van der Waals surface area contributed by atoms with Crippen molar-refractivity contribution in [2.45, 2.75) is 17.6 Å². The number of rotatable bonds is 8. The van der Waals surface area contributed by atoms with Gasteiger partial charge in [0.15, 0.2) is 5.16 Å². The number of aromatic nitrogens is 3. The fourth-order valence-electron chi connectivity index (χ4n) is 1.71. The van der Waals surface area contributed by atoms with Crippen molar-refractivity contribution >= 4 is 32.5 Å². The molecular weight excluding hydrogens is 314 g/mol. The lowest BCUT2D eigenvalue weighted by Gasteiger charge is -2.24. The maximum absolute atomic E-state index is 12.0. The van der Waals surface area contributed by atoms with E-state index in [1.807, 2.05) is 0 Å². The summed E-state index contributed by atoms with van der Waals surface area (Å²) in [5.41, 5.74) is 5.48. The van der Waals surface area contributed by atoms with Gasteiger partial charge in [0.2, 0.25) is 5.95 Å². The third-order valence-corrected chi connectivity index (χ3v) is 6.30. The van der Waals surface area contributed by atoms with E-state index in [9.17, 15) is 4.79 Å². The minimum absolute atomic E-state index is 0.0686. The first-order valence-corrected chi connectivity index (χ1v) is 9.37. The number of nitrogens with two attached hydrogens (primary N) is 1. The van der Waals surface area contributed by atoms with Crippen LogP contribution in [0.3, 0.4) is 0 Å². The van der Waals surface area contributed by atoms with Gasteiger partial charge in [0.1, 0.15) is 0 Å². The first kappa shape index (κ1) is 17.9. The molecule has 0 fully saturated rings. The highest BCUT2D eigenvalue weighted by Crippen LogP contribution is 2.15. The van der Waals surface area contributed by atoms with Crippen LogP contribution in [0.1, 0.15) is 6.42 Å². The van der Waals surface area contributed by atoms with Gasteiger partial charge in [-0.25, -0.2) is 4.79 Å². The van der Waals surface area contributed by atoms with Gasteiger partial charge in [-0.2, -0.15) is 9.67 Å². The number of nitrogens with one attached hydrogen (secondary N) is 1. The second-order valence-corrected chi connectivity index (χ2v) is 7.86. The Morgan fingerprint density at radius 1 is 1.38 bits per heavy atom. The van der Waals surface area contributed by atoms with E-state index >= 15 is 0 Å². The number of nitrogens with zero attached hydrogens (tertiary/aromatic N) is 3. The molecule has 1 rings (SSSR count). The van der Waals surface area contributed by atoms with Crippen LogP contribution in [0.2, 0.25) is 6.04 Å². The van der Waals surface area contributed by atoms with Crippen molar-refractivity contribution < 1.29 is 18.1 Å². The van der Waals surface area contributed by atoms with E-state index in [-0.39, 0.29) is 12.0 Å². The van der Waals surface area contributed by atoms with E-state index in [0.717, 1.165) is 4.68 Å². The van der Waals surface area contributed by atoms with Crippen LogP contribution in [0.5, 0.6) is 0 Å². The van der Waals surface area contributed by atoms with Crippen molar-refractivity contribution in [2.75, 3.05) is 39.9 Å². The molecule has 1 aromatic rings. The van der Waals surface area contributed by atoms with E-state index in [0.29, 0.717) is 24.2 Å². The fourth-order valence-corrected chi connectivity index (χ4v) is 3.91. The van der Waals surface area contributed by atoms with E-state index < -0.39 is 8.80 Å². The number of carbonyl (C=O) groups is 1. The van der Waals surface area contributed by atoms with Crippen molar-refractivity contribution in [1.29, 1.82) is 0 Å². The second kappa shape index (κ2) is 8.34. The summed E-state index contributed by atoms with van der Waals surface area (Å²) in [7, 11) is 2.08. The molecule has 1 heterocycles. The van der Waals surface area contributed by atoms with Crippen molar-refractivity contribution in [2.24, 2.45) is 0 Å². The van der Waals surface area contributed by atoms with E-state index in [1.54, 1.807) is 27.6 Å². The summed E-state index contributed by atoms with van der Waals surface area (Å²) in [6.07, 6.45) is 2.45. The smallest absolute Gasteiger partial charge is 0.377 e. The molecule has 1 amide bonds. The van der Waals surface area contributed by atoms with Gasteiger partial charge >= 0.3 is 14.8 Å². The van der Waals surface area contributed by atoms with Gasteiger partial charge in [-0.15, -0.1) is 5.10 Å². The zero-order chi connectivity index (χ0) is 15.9. The Morgan fingerprint density at radius 2 is 2.00 bits per heavy atom. The highest BCUT2D eigenvalue weighted by Gasteiger charge is 2.36. The number of hydrogen-bond acceptors (Lipinski definition) is 8. The molecule has 1 aromatic heterocycles. The molecule has 120 valence electrons. The van der Waals surface area contributed by atoms with Gasteiger partial charge in [-0.3, -0.25) is 0 Å². The zero-order valence-electron chi connectivity index (χ0n) is 12.6. The average molecular weight is 335 g/mol. The SMILES string of the molecule is CO[Si](CCCNC(=O)n1nc(N)nc1SC)(OC)OC. The number of hydrogen-bond donors (Lipinski definition) is 2. The monoisotopic (exact) mass is 335 g/mol. The van der Waals surface area contributed by atoms with Crippen LogP contribution in [0.4, 0.5) is 10.7 Å². The molecule has 0 atom stereocenters. The number of carbonyl (C=O) groups excluding carboxylic acids is 1. The van der Waals surface area contributed by atoms with E-state index in [2.05, 4.69) is 15.4 Å². The highest BCUT2D eigenvalue weighted by atomic mass is 32.2. The number of nitrogen functional groups attached to an aromatic ring is 1. The van der Waals surface area contributed by atoms with Crippen LogP contribution in [-0.4, -0.2) is 63.7 Å². The van der Waals surface area contributed by atoms with Gasteiger partial charge in [0, 0.05) is 33.9 Å². The molecule has 0 spiro atoms. The molecule has 0 aliphatic carbocycles. The molecular formula is C10H21N5O4SSi. The molecule has 0 radical (unpaired) electrons. The lowest BCUT2D eigenvalue weighted by Crippen LogP contribution is -2.43. The van der Waals surface area contributed by atoms with Crippen LogP contribution in [0.25, 0.3) is 0 Å². The Kier molecular flexibility index (Phi) is 7.11. The lowest BCUT2D eigenvalue weighted by molar-refractivity contribution is 0.123. The lowest BCUT2D eigenvalue weighted by atomic mass is 10.5. The summed E-state index contributed by atoms with van der Waals surface area (Å²) in [5, 5.41) is 7.03. The van der Waals surface area contributed by atoms with Gasteiger partial charge in [-0.05, 0) is 12.7 Å². The van der Waals surface area contributed by atoms with Gasteiger partial charge in [-0.1, -0.05) is 11.8 Å². The van der Waals surface area contributed by atoms with Crippen molar-refractivity contribution in [3.8, 4) is 0 Å². The van der Waals surface area contributed by atoms with Crippen LogP contribution < -0.4 is 11.1 Å². The fraction of sp³-hybridized carbons (Fsp3) is 0.700. The third-order valence-electron chi connectivity index (χ3n) is 2.84. The Bertz CT molecular complexity index is 460. The normalized spacial score (nSPS) is 11.6. The van der Waals surface area contributed by atoms with Crippen molar-refractivity contribution in [3.63, 3.8) is 0 Å². The number of anilines is 1. The van der Waals surface area contributed by atoms with Gasteiger partial charge in [0.25, 0.3) is 0 Å². The Balaban J connectivity index is 2.47. The first-order valence-electron chi connectivity index (χ1n) is 6.22. The molecule has 0 saturated heterocycles.